The molecule has 3 rings (SSSR count). The smallest absolute Gasteiger partial charge is 0.308 e. The zero-order valence-corrected chi connectivity index (χ0v) is 17.4. The van der Waals surface area contributed by atoms with Gasteiger partial charge in [-0.15, -0.1) is 0 Å². The minimum absolute atomic E-state index is 0.347. The van der Waals surface area contributed by atoms with Crippen LogP contribution >= 0.6 is 0 Å². The molecular weight excluding hydrogens is 412 g/mol. The van der Waals surface area contributed by atoms with Gasteiger partial charge >= 0.3 is 11.9 Å². The molecule has 8 heteroatoms. The van der Waals surface area contributed by atoms with Gasteiger partial charge in [0.1, 0.15) is 11.5 Å². The SMILES string of the molecule is CC(=O)Oc1ccc(C(=O)Nc2cccc(NC(=O)c3ccc(OC(C)=O)cc3)c2)cc1. The summed E-state index contributed by atoms with van der Waals surface area (Å²) in [6.45, 7) is 2.59. The van der Waals surface area contributed by atoms with Crippen LogP contribution < -0.4 is 20.1 Å². The van der Waals surface area contributed by atoms with Crippen molar-refractivity contribution in [2.75, 3.05) is 10.6 Å². The molecule has 3 aromatic rings. The van der Waals surface area contributed by atoms with Crippen LogP contribution in [0, 0.1) is 0 Å². The van der Waals surface area contributed by atoms with Crippen LogP contribution in [-0.2, 0) is 9.59 Å². The van der Waals surface area contributed by atoms with Gasteiger partial charge in [-0.1, -0.05) is 6.07 Å². The number of anilines is 2. The van der Waals surface area contributed by atoms with Gasteiger partial charge in [0.15, 0.2) is 0 Å². The van der Waals surface area contributed by atoms with Crippen LogP contribution in [0.25, 0.3) is 0 Å². The predicted octanol–water partition coefficient (Wildman–Crippen LogP) is 4.04. The molecule has 32 heavy (non-hydrogen) atoms. The second kappa shape index (κ2) is 10.0. The van der Waals surface area contributed by atoms with Gasteiger partial charge < -0.3 is 20.1 Å². The van der Waals surface area contributed by atoms with E-state index in [2.05, 4.69) is 10.6 Å². The Morgan fingerprint density at radius 3 is 1.31 bits per heavy atom. The number of rotatable bonds is 6. The van der Waals surface area contributed by atoms with Crippen molar-refractivity contribution in [3.05, 3.63) is 83.9 Å². The molecule has 2 amide bonds. The Bertz CT molecular complexity index is 1070. The highest BCUT2D eigenvalue weighted by Crippen LogP contribution is 2.19. The van der Waals surface area contributed by atoms with Crippen molar-refractivity contribution in [2.45, 2.75) is 13.8 Å². The molecule has 0 aliphatic heterocycles. The molecule has 162 valence electrons. The maximum Gasteiger partial charge on any atom is 0.308 e. The third kappa shape index (κ3) is 6.27. The van der Waals surface area contributed by atoms with Crippen LogP contribution in [-0.4, -0.2) is 23.8 Å². The van der Waals surface area contributed by atoms with Crippen molar-refractivity contribution in [3.8, 4) is 11.5 Å². The van der Waals surface area contributed by atoms with Gasteiger partial charge in [0.25, 0.3) is 11.8 Å². The van der Waals surface area contributed by atoms with Gasteiger partial charge in [0.2, 0.25) is 0 Å². The van der Waals surface area contributed by atoms with Crippen molar-refractivity contribution in [2.24, 2.45) is 0 Å². The summed E-state index contributed by atoms with van der Waals surface area (Å²) in [7, 11) is 0. The molecule has 0 saturated heterocycles. The first kappa shape index (κ1) is 22.2. The number of ether oxygens (including phenoxy) is 2. The van der Waals surface area contributed by atoms with Gasteiger partial charge in [-0.25, -0.2) is 0 Å². The molecule has 0 unspecified atom stereocenters. The fourth-order valence-corrected chi connectivity index (χ4v) is 2.76. The third-order valence-corrected chi connectivity index (χ3v) is 4.13. The maximum atomic E-state index is 12.5. The molecule has 0 bridgehead atoms. The zero-order chi connectivity index (χ0) is 23.1. The summed E-state index contributed by atoms with van der Waals surface area (Å²) in [5.74, 6) is -0.907. The quantitative estimate of drug-likeness (QED) is 0.449. The highest BCUT2D eigenvalue weighted by Gasteiger charge is 2.10. The van der Waals surface area contributed by atoms with Crippen molar-refractivity contribution in [1.82, 2.24) is 0 Å². The number of esters is 2. The molecule has 0 aromatic heterocycles. The Morgan fingerprint density at radius 1 is 0.594 bits per heavy atom. The molecule has 0 spiro atoms. The van der Waals surface area contributed by atoms with E-state index in [1.54, 1.807) is 48.5 Å². The lowest BCUT2D eigenvalue weighted by Crippen LogP contribution is -2.14. The van der Waals surface area contributed by atoms with E-state index in [9.17, 15) is 19.2 Å². The molecule has 0 saturated carbocycles. The molecule has 0 aliphatic carbocycles. The van der Waals surface area contributed by atoms with E-state index >= 15 is 0 Å². The summed E-state index contributed by atoms with van der Waals surface area (Å²) in [4.78, 5) is 46.9. The average molecular weight is 432 g/mol. The lowest BCUT2D eigenvalue weighted by molar-refractivity contribution is -0.132. The van der Waals surface area contributed by atoms with E-state index in [4.69, 9.17) is 9.47 Å². The van der Waals surface area contributed by atoms with Gasteiger partial charge in [0, 0.05) is 36.3 Å². The van der Waals surface area contributed by atoms with Gasteiger partial charge in [-0.2, -0.15) is 0 Å². The van der Waals surface area contributed by atoms with Gasteiger partial charge in [-0.3, -0.25) is 19.2 Å². The molecular formula is C24H20N2O6. The van der Waals surface area contributed by atoms with Crippen molar-refractivity contribution < 1.29 is 28.7 Å². The standard InChI is InChI=1S/C24H20N2O6/c1-15(27)31-21-10-6-17(7-11-21)23(29)25-19-4-3-5-20(14-19)26-24(30)18-8-12-22(13-9-18)32-16(2)28/h3-14H,1-2H3,(H,25,29)(H,26,30). The zero-order valence-electron chi connectivity index (χ0n) is 17.4. The number of hydrogen-bond donors (Lipinski definition) is 2. The predicted molar refractivity (Wildman–Crippen MR) is 118 cm³/mol. The number of carbonyl (C=O) groups excluding carboxylic acids is 4. The number of carbonyl (C=O) groups is 4. The fourth-order valence-electron chi connectivity index (χ4n) is 2.76. The first-order valence-corrected chi connectivity index (χ1v) is 9.60. The topological polar surface area (TPSA) is 111 Å². The summed E-state index contributed by atoms with van der Waals surface area (Å²) in [5.41, 5.74) is 1.73. The van der Waals surface area contributed by atoms with Crippen LogP contribution in [0.15, 0.2) is 72.8 Å². The van der Waals surface area contributed by atoms with E-state index in [-0.39, 0.29) is 11.8 Å². The summed E-state index contributed by atoms with van der Waals surface area (Å²) < 4.78 is 9.89. The Kier molecular flexibility index (Phi) is 6.97. The average Bonchev–Trinajstić information content (AvgIpc) is 2.74. The Hall–Kier alpha value is -4.46. The maximum absolute atomic E-state index is 12.5. The second-order valence-electron chi connectivity index (χ2n) is 6.73. The molecule has 0 radical (unpaired) electrons. The molecule has 0 fully saturated rings. The minimum atomic E-state index is -0.443. The molecule has 3 aromatic carbocycles. The Balaban J connectivity index is 1.63. The van der Waals surface area contributed by atoms with Crippen molar-refractivity contribution >= 4 is 35.1 Å². The van der Waals surface area contributed by atoms with Gasteiger partial charge in [-0.05, 0) is 66.7 Å². The van der Waals surface area contributed by atoms with Crippen LogP contribution in [0.2, 0.25) is 0 Å². The minimum Gasteiger partial charge on any atom is -0.427 e. The van der Waals surface area contributed by atoms with Crippen LogP contribution in [0.5, 0.6) is 11.5 Å². The van der Waals surface area contributed by atoms with E-state index in [0.717, 1.165) is 0 Å². The van der Waals surface area contributed by atoms with Crippen molar-refractivity contribution in [1.29, 1.82) is 0 Å². The molecule has 0 aliphatic rings. The van der Waals surface area contributed by atoms with Crippen LogP contribution in [0.1, 0.15) is 34.6 Å². The Labute approximate surface area is 184 Å². The fraction of sp³-hybridized carbons (Fsp3) is 0.0833. The largest absolute Gasteiger partial charge is 0.427 e. The van der Waals surface area contributed by atoms with Crippen LogP contribution in [0.4, 0.5) is 11.4 Å². The van der Waals surface area contributed by atoms with Crippen molar-refractivity contribution in [3.63, 3.8) is 0 Å². The van der Waals surface area contributed by atoms with Crippen LogP contribution in [0.3, 0.4) is 0 Å². The van der Waals surface area contributed by atoms with E-state index in [1.807, 2.05) is 0 Å². The summed E-state index contributed by atoms with van der Waals surface area (Å²) in [6.07, 6.45) is 0. The van der Waals surface area contributed by atoms with E-state index in [0.29, 0.717) is 34.0 Å². The van der Waals surface area contributed by atoms with Gasteiger partial charge in [0.05, 0.1) is 0 Å². The first-order valence-electron chi connectivity index (χ1n) is 9.60. The molecule has 8 nitrogen and oxygen atoms in total. The number of nitrogens with one attached hydrogen (secondary N) is 2. The lowest BCUT2D eigenvalue weighted by atomic mass is 10.2. The molecule has 2 N–H and O–H groups in total. The highest BCUT2D eigenvalue weighted by atomic mass is 16.5. The summed E-state index contributed by atoms with van der Waals surface area (Å²) in [6, 6.07) is 19.0. The third-order valence-electron chi connectivity index (χ3n) is 4.13. The summed E-state index contributed by atoms with van der Waals surface area (Å²) >= 11 is 0. The normalized spacial score (nSPS) is 10.1. The number of hydrogen-bond acceptors (Lipinski definition) is 6. The highest BCUT2D eigenvalue weighted by molar-refractivity contribution is 6.06. The van der Waals surface area contributed by atoms with E-state index in [1.165, 1.54) is 38.1 Å². The second-order valence-corrected chi connectivity index (χ2v) is 6.73. The Morgan fingerprint density at radius 2 is 0.969 bits per heavy atom. The van der Waals surface area contributed by atoms with E-state index < -0.39 is 11.9 Å². The molecule has 0 atom stereocenters. The summed E-state index contributed by atoms with van der Waals surface area (Å²) in [5, 5.41) is 5.50. The monoisotopic (exact) mass is 432 g/mol. The number of amides is 2. The lowest BCUT2D eigenvalue weighted by Gasteiger charge is -2.10. The number of benzene rings is 3. The first-order chi connectivity index (χ1) is 15.3. The molecule has 0 heterocycles.